The molecule has 0 atom stereocenters. The molecule has 0 saturated heterocycles. The summed E-state index contributed by atoms with van der Waals surface area (Å²) in [5.74, 6) is 0.181. The maximum absolute atomic E-state index is 10.6. The fourth-order valence-corrected chi connectivity index (χ4v) is 3.32. The van der Waals surface area contributed by atoms with E-state index < -0.39 is 0 Å². The maximum Gasteiger partial charge on any atom is 0.176 e. The van der Waals surface area contributed by atoms with E-state index >= 15 is 0 Å². The molecule has 152 valence electrons. The molecule has 29 heavy (non-hydrogen) atoms. The second-order valence-corrected chi connectivity index (χ2v) is 6.86. The van der Waals surface area contributed by atoms with Crippen LogP contribution >= 0.6 is 12.6 Å². The molecule has 4 N–H and O–H groups in total. The monoisotopic (exact) mass is 416 g/mol. The predicted octanol–water partition coefficient (Wildman–Crippen LogP) is 4.60. The van der Waals surface area contributed by atoms with Crippen LogP contribution in [0, 0.1) is 6.92 Å². The van der Waals surface area contributed by atoms with E-state index in [0.717, 1.165) is 0 Å². The molecule has 0 saturated carbocycles. The van der Waals surface area contributed by atoms with Gasteiger partial charge >= 0.3 is 0 Å². The fraction of sp³-hybridized carbons (Fsp3) is 0.143. The van der Waals surface area contributed by atoms with Crippen LogP contribution in [-0.4, -0.2) is 34.8 Å². The highest BCUT2D eigenvalue weighted by molar-refractivity contribution is 7.80. The second kappa shape index (κ2) is 8.02. The zero-order valence-electron chi connectivity index (χ0n) is 15.9. The molecular weight excluding hydrogens is 396 g/mol. The predicted molar refractivity (Wildman–Crippen MR) is 111 cm³/mol. The topological polar surface area (TPSA) is 109 Å². The summed E-state index contributed by atoms with van der Waals surface area (Å²) in [5, 5.41) is 40.5. The highest BCUT2D eigenvalue weighted by atomic mass is 32.1. The number of hydrogen-bond acceptors (Lipinski definition) is 8. The number of aromatic hydroxyl groups is 3. The van der Waals surface area contributed by atoms with Gasteiger partial charge in [0.25, 0.3) is 0 Å². The molecular formula is C21H20O7S. The van der Waals surface area contributed by atoms with Crippen molar-refractivity contribution >= 4 is 12.6 Å². The molecule has 0 aliphatic heterocycles. The van der Waals surface area contributed by atoms with Crippen LogP contribution in [0.5, 0.6) is 34.5 Å². The average Bonchev–Trinajstić information content (AvgIpc) is 2.71. The van der Waals surface area contributed by atoms with Gasteiger partial charge in [0.1, 0.15) is 17.2 Å². The highest BCUT2D eigenvalue weighted by Crippen LogP contribution is 2.48. The lowest BCUT2D eigenvalue weighted by atomic mass is 9.95. The number of benzene rings is 3. The van der Waals surface area contributed by atoms with Crippen LogP contribution in [0.3, 0.4) is 0 Å². The minimum Gasteiger partial charge on any atom is -0.508 e. The quantitative estimate of drug-likeness (QED) is 0.179. The first-order valence-electron chi connectivity index (χ1n) is 8.47. The van der Waals surface area contributed by atoms with E-state index in [1.807, 2.05) is 0 Å². The van der Waals surface area contributed by atoms with E-state index in [1.54, 1.807) is 25.1 Å². The van der Waals surface area contributed by atoms with Gasteiger partial charge in [0.2, 0.25) is 0 Å². The molecule has 0 unspecified atom stereocenters. The van der Waals surface area contributed by atoms with Crippen molar-refractivity contribution in [3.8, 4) is 56.8 Å². The van der Waals surface area contributed by atoms with E-state index in [1.165, 1.54) is 32.4 Å². The van der Waals surface area contributed by atoms with Crippen LogP contribution in [-0.2, 0) is 0 Å². The van der Waals surface area contributed by atoms with E-state index in [4.69, 9.17) is 9.47 Å². The Hall–Kier alpha value is -3.23. The average molecular weight is 416 g/mol. The van der Waals surface area contributed by atoms with E-state index in [0.29, 0.717) is 21.6 Å². The largest absolute Gasteiger partial charge is 0.508 e. The number of aryl methyl sites for hydroxylation is 1. The molecule has 0 fully saturated rings. The molecule has 3 aromatic rings. The van der Waals surface area contributed by atoms with Crippen molar-refractivity contribution < 1.29 is 34.9 Å². The Balaban J connectivity index is 2.35. The van der Waals surface area contributed by atoms with Crippen molar-refractivity contribution in [3.63, 3.8) is 0 Å². The van der Waals surface area contributed by atoms with Gasteiger partial charge in [-0.1, -0.05) is 0 Å². The zero-order chi connectivity index (χ0) is 21.3. The first-order chi connectivity index (χ1) is 13.8. The van der Waals surface area contributed by atoms with E-state index in [-0.39, 0.29) is 45.6 Å². The van der Waals surface area contributed by atoms with Gasteiger partial charge < -0.3 is 29.7 Å². The SMILES string of the molecule is COc1cc(OO)c(-c2cc(O)c(C)cc2O)cc1-c1cc(S)cc(OC)c1O. The Kier molecular flexibility index (Phi) is 5.67. The molecule has 0 aromatic heterocycles. The first-order valence-corrected chi connectivity index (χ1v) is 8.92. The molecule has 0 aliphatic carbocycles. The molecule has 0 heterocycles. The number of thiol groups is 1. The normalized spacial score (nSPS) is 10.7. The Bertz CT molecular complexity index is 1080. The minimum absolute atomic E-state index is 0.0161. The van der Waals surface area contributed by atoms with Crippen molar-refractivity contribution in [3.05, 3.63) is 42.0 Å². The maximum atomic E-state index is 10.6. The Morgan fingerprint density at radius 2 is 1.34 bits per heavy atom. The number of methoxy groups -OCH3 is 2. The second-order valence-electron chi connectivity index (χ2n) is 6.34. The summed E-state index contributed by atoms with van der Waals surface area (Å²) in [6.07, 6.45) is 0. The van der Waals surface area contributed by atoms with Crippen molar-refractivity contribution in [1.29, 1.82) is 0 Å². The summed E-state index contributed by atoms with van der Waals surface area (Å²) in [6, 6.07) is 8.88. The van der Waals surface area contributed by atoms with Gasteiger partial charge in [0.15, 0.2) is 17.2 Å². The number of ether oxygens (including phenoxy) is 2. The molecule has 7 nitrogen and oxygen atoms in total. The van der Waals surface area contributed by atoms with E-state index in [2.05, 4.69) is 17.5 Å². The number of hydrogen-bond donors (Lipinski definition) is 5. The number of phenols is 3. The van der Waals surface area contributed by atoms with Crippen molar-refractivity contribution in [2.45, 2.75) is 11.8 Å². The molecule has 3 aromatic carbocycles. The van der Waals surface area contributed by atoms with Crippen LogP contribution in [0.4, 0.5) is 0 Å². The molecule has 3 rings (SSSR count). The van der Waals surface area contributed by atoms with Crippen molar-refractivity contribution in [1.82, 2.24) is 0 Å². The van der Waals surface area contributed by atoms with Gasteiger partial charge in [-0.25, -0.2) is 5.26 Å². The first kappa shape index (κ1) is 20.5. The van der Waals surface area contributed by atoms with Crippen LogP contribution in [0.25, 0.3) is 22.3 Å². The van der Waals surface area contributed by atoms with Crippen molar-refractivity contribution in [2.24, 2.45) is 0 Å². The van der Waals surface area contributed by atoms with Gasteiger partial charge in [-0.05, 0) is 42.8 Å². The third-order valence-corrected chi connectivity index (χ3v) is 4.83. The zero-order valence-corrected chi connectivity index (χ0v) is 16.8. The summed E-state index contributed by atoms with van der Waals surface area (Å²) >= 11 is 4.34. The third-order valence-electron chi connectivity index (χ3n) is 4.57. The van der Waals surface area contributed by atoms with Crippen LogP contribution < -0.4 is 14.4 Å². The molecule has 0 amide bonds. The summed E-state index contributed by atoms with van der Waals surface area (Å²) in [5.41, 5.74) is 1.74. The fourth-order valence-electron chi connectivity index (χ4n) is 3.08. The summed E-state index contributed by atoms with van der Waals surface area (Å²) < 4.78 is 10.6. The molecule has 0 bridgehead atoms. The Morgan fingerprint density at radius 1 is 0.690 bits per heavy atom. The molecule has 0 spiro atoms. The van der Waals surface area contributed by atoms with Crippen LogP contribution in [0.1, 0.15) is 5.56 Å². The van der Waals surface area contributed by atoms with Gasteiger partial charge in [0.05, 0.1) is 14.2 Å². The van der Waals surface area contributed by atoms with Crippen LogP contribution in [0.2, 0.25) is 0 Å². The van der Waals surface area contributed by atoms with E-state index in [9.17, 15) is 20.6 Å². The highest BCUT2D eigenvalue weighted by Gasteiger charge is 2.21. The smallest absolute Gasteiger partial charge is 0.176 e. The molecule has 0 radical (unpaired) electrons. The number of phenolic OH excluding ortho intramolecular Hbond substituents is 3. The summed E-state index contributed by atoms with van der Waals surface area (Å²) in [6.45, 7) is 1.64. The molecule has 8 heteroatoms. The van der Waals surface area contributed by atoms with Crippen LogP contribution in [0.15, 0.2) is 41.3 Å². The minimum atomic E-state index is -0.136. The molecule has 0 aliphatic rings. The lowest BCUT2D eigenvalue weighted by Gasteiger charge is -2.17. The van der Waals surface area contributed by atoms with Gasteiger partial charge in [-0.15, -0.1) is 12.6 Å². The lowest BCUT2D eigenvalue weighted by molar-refractivity contribution is -0.137. The standard InChI is InChI=1S/C21H20O7S/c1-10-4-17(23)12(8-16(10)22)13-7-14(18(26-2)9-19(13)28-25)15-5-11(29)6-20(27-3)21(15)24/h4-9,22-25,29H,1-3H3. The van der Waals surface area contributed by atoms with Gasteiger partial charge in [0, 0.05) is 33.2 Å². The lowest BCUT2D eigenvalue weighted by Crippen LogP contribution is -1.96. The summed E-state index contributed by atoms with van der Waals surface area (Å²) in [7, 11) is 2.85. The third kappa shape index (κ3) is 3.72. The number of rotatable bonds is 5. The van der Waals surface area contributed by atoms with Crippen molar-refractivity contribution in [2.75, 3.05) is 14.2 Å². The van der Waals surface area contributed by atoms with Gasteiger partial charge in [-0.2, -0.15) is 0 Å². The Labute approximate surface area is 172 Å². The van der Waals surface area contributed by atoms with Gasteiger partial charge in [-0.3, -0.25) is 0 Å². The Morgan fingerprint density at radius 3 is 1.97 bits per heavy atom. The summed E-state index contributed by atoms with van der Waals surface area (Å²) in [4.78, 5) is 5.02.